The Kier molecular flexibility index (Phi) is 4.28. The summed E-state index contributed by atoms with van der Waals surface area (Å²) in [5.74, 6) is -0.978. The van der Waals surface area contributed by atoms with Gasteiger partial charge in [0.25, 0.3) is 0 Å². The third-order valence-electron chi connectivity index (χ3n) is 2.01. The van der Waals surface area contributed by atoms with Gasteiger partial charge in [-0.3, -0.25) is 4.79 Å². The fourth-order valence-corrected chi connectivity index (χ4v) is 3.55. The standard InChI is InChI=1S/C9H15N3O2S2/c1-5(4-9(3,10)7(13)14)15-8-12-11-6(2)16-8/h5H,4,10H2,1-3H3,(H,13,14). The van der Waals surface area contributed by atoms with Crippen molar-refractivity contribution in [1.29, 1.82) is 0 Å². The number of aromatic nitrogens is 2. The van der Waals surface area contributed by atoms with E-state index in [1.165, 1.54) is 30.0 Å². The highest BCUT2D eigenvalue weighted by Gasteiger charge is 2.30. The van der Waals surface area contributed by atoms with Crippen LogP contribution in [0.5, 0.6) is 0 Å². The lowest BCUT2D eigenvalue weighted by Crippen LogP contribution is -2.46. The van der Waals surface area contributed by atoms with Gasteiger partial charge < -0.3 is 10.8 Å². The van der Waals surface area contributed by atoms with Crippen LogP contribution in [0, 0.1) is 6.92 Å². The molecule has 3 N–H and O–H groups in total. The minimum absolute atomic E-state index is 0.0958. The van der Waals surface area contributed by atoms with Crippen LogP contribution in [0.15, 0.2) is 4.34 Å². The molecule has 0 bridgehead atoms. The third-order valence-corrected chi connectivity index (χ3v) is 4.03. The van der Waals surface area contributed by atoms with Gasteiger partial charge in [-0.25, -0.2) is 0 Å². The summed E-state index contributed by atoms with van der Waals surface area (Å²) >= 11 is 3.01. The molecule has 0 aliphatic carbocycles. The van der Waals surface area contributed by atoms with E-state index in [-0.39, 0.29) is 5.25 Å². The second kappa shape index (κ2) is 5.11. The molecule has 90 valence electrons. The van der Waals surface area contributed by atoms with E-state index in [9.17, 15) is 4.79 Å². The number of hydrogen-bond donors (Lipinski definition) is 2. The zero-order valence-corrected chi connectivity index (χ0v) is 11.1. The summed E-state index contributed by atoms with van der Waals surface area (Å²) in [6, 6.07) is 0. The minimum atomic E-state index is -1.19. The molecule has 0 radical (unpaired) electrons. The summed E-state index contributed by atoms with van der Waals surface area (Å²) in [7, 11) is 0. The van der Waals surface area contributed by atoms with E-state index in [1.54, 1.807) is 0 Å². The number of carboxylic acids is 1. The molecular weight excluding hydrogens is 246 g/mol. The molecule has 2 atom stereocenters. The average molecular weight is 261 g/mol. The number of nitrogens with zero attached hydrogens (tertiary/aromatic N) is 2. The second-order valence-electron chi connectivity index (χ2n) is 3.94. The van der Waals surface area contributed by atoms with Crippen molar-refractivity contribution in [3.8, 4) is 0 Å². The fraction of sp³-hybridized carbons (Fsp3) is 0.667. The summed E-state index contributed by atoms with van der Waals surface area (Å²) < 4.78 is 0.853. The van der Waals surface area contributed by atoms with Gasteiger partial charge in [0, 0.05) is 5.25 Å². The van der Waals surface area contributed by atoms with Crippen LogP contribution in [0.25, 0.3) is 0 Å². The predicted molar refractivity (Wildman–Crippen MR) is 64.8 cm³/mol. The van der Waals surface area contributed by atoms with Crippen molar-refractivity contribution in [1.82, 2.24) is 10.2 Å². The molecule has 1 heterocycles. The van der Waals surface area contributed by atoms with Crippen molar-refractivity contribution in [3.63, 3.8) is 0 Å². The monoisotopic (exact) mass is 261 g/mol. The van der Waals surface area contributed by atoms with E-state index in [1.807, 2.05) is 13.8 Å². The van der Waals surface area contributed by atoms with Gasteiger partial charge in [0.15, 0.2) is 4.34 Å². The molecular formula is C9H15N3O2S2. The molecule has 7 heteroatoms. The van der Waals surface area contributed by atoms with E-state index in [4.69, 9.17) is 10.8 Å². The Morgan fingerprint density at radius 2 is 2.31 bits per heavy atom. The highest BCUT2D eigenvalue weighted by molar-refractivity contribution is 8.01. The molecule has 0 aliphatic rings. The SMILES string of the molecule is Cc1nnc(SC(C)CC(C)(N)C(=O)O)s1. The molecule has 0 fully saturated rings. The van der Waals surface area contributed by atoms with Crippen LogP contribution < -0.4 is 5.73 Å². The lowest BCUT2D eigenvalue weighted by molar-refractivity contribution is -0.142. The first kappa shape index (κ1) is 13.4. The molecule has 0 aromatic carbocycles. The summed E-state index contributed by atoms with van der Waals surface area (Å²) in [5.41, 5.74) is 4.49. The van der Waals surface area contributed by atoms with Crippen molar-refractivity contribution in [3.05, 3.63) is 5.01 Å². The van der Waals surface area contributed by atoms with E-state index in [0.29, 0.717) is 6.42 Å². The number of thioether (sulfide) groups is 1. The van der Waals surface area contributed by atoms with Crippen LogP contribution in [-0.4, -0.2) is 32.1 Å². The first-order valence-electron chi connectivity index (χ1n) is 4.80. The lowest BCUT2D eigenvalue weighted by atomic mass is 9.98. The summed E-state index contributed by atoms with van der Waals surface area (Å²) in [6.07, 6.45) is 0.394. The third kappa shape index (κ3) is 3.73. The number of hydrogen-bond acceptors (Lipinski definition) is 6. The molecule has 0 spiro atoms. The van der Waals surface area contributed by atoms with E-state index < -0.39 is 11.5 Å². The van der Waals surface area contributed by atoms with Gasteiger partial charge in [-0.2, -0.15) is 0 Å². The molecule has 1 aromatic heterocycles. The normalized spacial score (nSPS) is 16.8. The number of nitrogens with two attached hydrogens (primary N) is 1. The molecule has 0 saturated heterocycles. The van der Waals surface area contributed by atoms with Gasteiger partial charge in [-0.1, -0.05) is 30.0 Å². The lowest BCUT2D eigenvalue weighted by Gasteiger charge is -2.22. The Bertz CT molecular complexity index is 379. The van der Waals surface area contributed by atoms with E-state index in [2.05, 4.69) is 10.2 Å². The Balaban J connectivity index is 2.54. The Hall–Kier alpha value is -0.660. The highest BCUT2D eigenvalue weighted by Crippen LogP contribution is 2.29. The van der Waals surface area contributed by atoms with Crippen LogP contribution >= 0.6 is 23.1 Å². The quantitative estimate of drug-likeness (QED) is 0.781. The first-order valence-corrected chi connectivity index (χ1v) is 6.50. The van der Waals surface area contributed by atoms with Gasteiger partial charge in [0.05, 0.1) is 0 Å². The van der Waals surface area contributed by atoms with E-state index in [0.717, 1.165) is 9.35 Å². The fourth-order valence-electron chi connectivity index (χ4n) is 1.22. The number of aryl methyl sites for hydroxylation is 1. The first-order chi connectivity index (χ1) is 7.31. The maximum Gasteiger partial charge on any atom is 0.323 e. The zero-order valence-electron chi connectivity index (χ0n) is 9.43. The molecule has 0 amide bonds. The maximum atomic E-state index is 10.9. The molecule has 5 nitrogen and oxygen atoms in total. The highest BCUT2D eigenvalue weighted by atomic mass is 32.2. The average Bonchev–Trinajstić information content (AvgIpc) is 2.49. The topological polar surface area (TPSA) is 89.1 Å². The largest absolute Gasteiger partial charge is 0.480 e. The predicted octanol–water partition coefficient (Wildman–Crippen LogP) is 1.52. The van der Waals surface area contributed by atoms with Crippen LogP contribution in [0.1, 0.15) is 25.3 Å². The summed E-state index contributed by atoms with van der Waals surface area (Å²) in [5, 5.41) is 17.8. The van der Waals surface area contributed by atoms with Crippen LogP contribution in [0.2, 0.25) is 0 Å². The molecule has 2 unspecified atom stereocenters. The minimum Gasteiger partial charge on any atom is -0.480 e. The number of rotatable bonds is 5. The van der Waals surface area contributed by atoms with Crippen LogP contribution in [-0.2, 0) is 4.79 Å². The van der Waals surface area contributed by atoms with Crippen molar-refractivity contribution >= 4 is 29.1 Å². The number of aliphatic carboxylic acids is 1. The zero-order chi connectivity index (χ0) is 12.3. The number of carboxylic acid groups (broad SMARTS) is 1. The van der Waals surface area contributed by atoms with Crippen molar-refractivity contribution in [2.24, 2.45) is 5.73 Å². The van der Waals surface area contributed by atoms with Gasteiger partial charge in [0.1, 0.15) is 10.5 Å². The van der Waals surface area contributed by atoms with Gasteiger partial charge in [-0.15, -0.1) is 10.2 Å². The van der Waals surface area contributed by atoms with Crippen LogP contribution in [0.4, 0.5) is 0 Å². The maximum absolute atomic E-state index is 10.9. The summed E-state index contributed by atoms with van der Waals surface area (Å²) in [4.78, 5) is 10.9. The van der Waals surface area contributed by atoms with E-state index >= 15 is 0 Å². The smallest absolute Gasteiger partial charge is 0.323 e. The van der Waals surface area contributed by atoms with Crippen LogP contribution in [0.3, 0.4) is 0 Å². The Morgan fingerprint density at radius 3 is 2.75 bits per heavy atom. The molecule has 16 heavy (non-hydrogen) atoms. The van der Waals surface area contributed by atoms with Crippen molar-refractivity contribution in [2.45, 2.75) is 42.3 Å². The van der Waals surface area contributed by atoms with Crippen molar-refractivity contribution in [2.75, 3.05) is 0 Å². The molecule has 0 saturated carbocycles. The molecule has 1 rings (SSSR count). The van der Waals surface area contributed by atoms with Gasteiger partial charge >= 0.3 is 5.97 Å². The second-order valence-corrected chi connectivity index (χ2v) is 6.81. The Morgan fingerprint density at radius 1 is 1.69 bits per heavy atom. The number of carbonyl (C=O) groups is 1. The van der Waals surface area contributed by atoms with Crippen molar-refractivity contribution < 1.29 is 9.90 Å². The van der Waals surface area contributed by atoms with Gasteiger partial charge in [-0.05, 0) is 20.3 Å². The summed E-state index contributed by atoms with van der Waals surface area (Å²) in [6.45, 7) is 5.35. The molecule has 1 aromatic rings. The molecule has 0 aliphatic heterocycles. The Labute approximate surface area is 102 Å². The van der Waals surface area contributed by atoms with Gasteiger partial charge in [0.2, 0.25) is 0 Å².